The molecule has 30 heavy (non-hydrogen) atoms. The minimum atomic E-state index is -0.0392. The summed E-state index contributed by atoms with van der Waals surface area (Å²) >= 11 is 1.41. The van der Waals surface area contributed by atoms with Gasteiger partial charge in [-0.2, -0.15) is 0 Å². The van der Waals surface area contributed by atoms with Gasteiger partial charge in [-0.25, -0.2) is 0 Å². The van der Waals surface area contributed by atoms with E-state index in [1.165, 1.54) is 11.8 Å². The molecule has 0 aliphatic rings. The molecular weight excluding hydrogens is 396 g/mol. The second-order valence-electron chi connectivity index (χ2n) is 7.53. The molecule has 3 rings (SSSR count). The quantitative estimate of drug-likeness (QED) is 0.509. The summed E-state index contributed by atoms with van der Waals surface area (Å²) in [5.41, 5.74) is 2.05. The molecule has 7 heteroatoms. The number of carbonyl (C=O) groups excluding carboxylic acids is 1. The van der Waals surface area contributed by atoms with Crippen LogP contribution in [-0.2, 0) is 11.3 Å². The van der Waals surface area contributed by atoms with Gasteiger partial charge >= 0.3 is 0 Å². The van der Waals surface area contributed by atoms with Gasteiger partial charge in [0.1, 0.15) is 5.75 Å². The molecule has 1 atom stereocenters. The van der Waals surface area contributed by atoms with Gasteiger partial charge < -0.3 is 14.6 Å². The van der Waals surface area contributed by atoms with Gasteiger partial charge in [0.2, 0.25) is 5.91 Å². The van der Waals surface area contributed by atoms with Crippen LogP contribution in [0.15, 0.2) is 59.8 Å². The number of hydrogen-bond acceptors (Lipinski definition) is 5. The van der Waals surface area contributed by atoms with Crippen molar-refractivity contribution in [2.75, 3.05) is 12.9 Å². The number of benzene rings is 2. The highest BCUT2D eigenvalue weighted by Crippen LogP contribution is 2.26. The number of thioether (sulfide) groups is 1. The van der Waals surface area contributed by atoms with E-state index in [1.807, 2.05) is 61.5 Å². The largest absolute Gasteiger partial charge is 0.497 e. The van der Waals surface area contributed by atoms with E-state index in [1.54, 1.807) is 7.11 Å². The Hall–Kier alpha value is -2.80. The summed E-state index contributed by atoms with van der Waals surface area (Å²) in [4.78, 5) is 12.5. The van der Waals surface area contributed by atoms with E-state index >= 15 is 0 Å². The fraction of sp³-hybridized carbons (Fsp3) is 0.348. The number of methoxy groups -OCH3 is 1. The zero-order valence-electron chi connectivity index (χ0n) is 17.8. The van der Waals surface area contributed by atoms with Crippen molar-refractivity contribution in [3.8, 4) is 17.1 Å². The first-order valence-corrected chi connectivity index (χ1v) is 11.0. The Kier molecular flexibility index (Phi) is 7.52. The normalized spacial score (nSPS) is 12.0. The first kappa shape index (κ1) is 21.9. The Bertz CT molecular complexity index is 955. The van der Waals surface area contributed by atoms with Gasteiger partial charge in [0.15, 0.2) is 11.0 Å². The average molecular weight is 425 g/mol. The predicted molar refractivity (Wildman–Crippen MR) is 121 cm³/mol. The van der Waals surface area contributed by atoms with Gasteiger partial charge in [-0.3, -0.25) is 4.79 Å². The van der Waals surface area contributed by atoms with Crippen LogP contribution in [0.3, 0.4) is 0 Å². The van der Waals surface area contributed by atoms with Crippen LogP contribution in [0.25, 0.3) is 11.4 Å². The molecule has 1 aromatic heterocycles. The highest BCUT2D eigenvalue weighted by Gasteiger charge is 2.17. The lowest BCUT2D eigenvalue weighted by Crippen LogP contribution is -2.28. The third kappa shape index (κ3) is 5.63. The number of nitrogens with zero attached hydrogens (tertiary/aromatic N) is 3. The molecule has 3 aromatic rings. The van der Waals surface area contributed by atoms with Crippen LogP contribution in [-0.4, -0.2) is 33.5 Å². The van der Waals surface area contributed by atoms with E-state index in [4.69, 9.17) is 4.74 Å². The Morgan fingerprint density at radius 1 is 1.07 bits per heavy atom. The third-order valence-corrected chi connectivity index (χ3v) is 5.59. The van der Waals surface area contributed by atoms with E-state index in [0.29, 0.717) is 5.92 Å². The van der Waals surface area contributed by atoms with Crippen molar-refractivity contribution in [3.05, 3.63) is 60.2 Å². The molecule has 0 fully saturated rings. The number of carbonyl (C=O) groups is 1. The monoisotopic (exact) mass is 424 g/mol. The van der Waals surface area contributed by atoms with Crippen LogP contribution in [0.5, 0.6) is 5.75 Å². The number of rotatable bonds is 9. The van der Waals surface area contributed by atoms with Crippen molar-refractivity contribution in [3.63, 3.8) is 0 Å². The lowest BCUT2D eigenvalue weighted by atomic mass is 10.1. The van der Waals surface area contributed by atoms with Crippen molar-refractivity contribution in [1.29, 1.82) is 0 Å². The van der Waals surface area contributed by atoms with Crippen LogP contribution < -0.4 is 10.1 Å². The zero-order chi connectivity index (χ0) is 21.5. The van der Waals surface area contributed by atoms with Crippen LogP contribution in [0.2, 0.25) is 0 Å². The van der Waals surface area contributed by atoms with Crippen molar-refractivity contribution >= 4 is 17.7 Å². The molecule has 0 aliphatic carbocycles. The second kappa shape index (κ2) is 10.3. The molecule has 158 valence electrons. The molecule has 0 radical (unpaired) electrons. The lowest BCUT2D eigenvalue weighted by molar-refractivity contribution is -0.119. The fourth-order valence-electron chi connectivity index (χ4n) is 3.12. The maximum absolute atomic E-state index is 12.5. The van der Waals surface area contributed by atoms with Crippen LogP contribution >= 0.6 is 11.8 Å². The molecular formula is C23H28N4O2S. The summed E-state index contributed by atoms with van der Waals surface area (Å²) in [6.07, 6.45) is 0. The average Bonchev–Trinajstić information content (AvgIpc) is 3.14. The maximum atomic E-state index is 12.5. The molecule has 0 aliphatic heterocycles. The Morgan fingerprint density at radius 3 is 2.40 bits per heavy atom. The van der Waals surface area contributed by atoms with Gasteiger partial charge in [-0.1, -0.05) is 55.9 Å². The number of aromatic nitrogens is 3. The zero-order valence-corrected chi connectivity index (χ0v) is 18.6. The van der Waals surface area contributed by atoms with Crippen molar-refractivity contribution in [2.45, 2.75) is 38.5 Å². The number of ether oxygens (including phenoxy) is 1. The Balaban J connectivity index is 1.70. The summed E-state index contributed by atoms with van der Waals surface area (Å²) in [5.74, 6) is 2.28. The smallest absolute Gasteiger partial charge is 0.230 e. The third-order valence-electron chi connectivity index (χ3n) is 4.62. The maximum Gasteiger partial charge on any atom is 0.230 e. The summed E-state index contributed by atoms with van der Waals surface area (Å²) in [7, 11) is 1.65. The fourth-order valence-corrected chi connectivity index (χ4v) is 3.88. The molecule has 1 N–H and O–H groups in total. The summed E-state index contributed by atoms with van der Waals surface area (Å²) < 4.78 is 7.33. The highest BCUT2D eigenvalue weighted by atomic mass is 32.2. The molecule has 0 unspecified atom stereocenters. The number of nitrogens with one attached hydrogen (secondary N) is 1. The number of amides is 1. The van der Waals surface area contributed by atoms with E-state index in [0.717, 1.165) is 34.4 Å². The minimum absolute atomic E-state index is 0.0264. The molecule has 1 amide bonds. The minimum Gasteiger partial charge on any atom is -0.497 e. The highest BCUT2D eigenvalue weighted by molar-refractivity contribution is 7.99. The van der Waals surface area contributed by atoms with E-state index < -0.39 is 0 Å². The molecule has 0 spiro atoms. The van der Waals surface area contributed by atoms with Crippen molar-refractivity contribution < 1.29 is 9.53 Å². The van der Waals surface area contributed by atoms with Crippen LogP contribution in [0, 0.1) is 5.92 Å². The summed E-state index contributed by atoms with van der Waals surface area (Å²) in [6.45, 7) is 7.07. The van der Waals surface area contributed by atoms with Gasteiger partial charge in [0.25, 0.3) is 0 Å². The Labute approximate surface area is 182 Å². The lowest BCUT2D eigenvalue weighted by Gasteiger charge is -2.15. The van der Waals surface area contributed by atoms with Gasteiger partial charge in [0.05, 0.1) is 18.9 Å². The molecule has 6 nitrogen and oxygen atoms in total. The SMILES string of the molecule is COc1ccc(-c2nnc(SCC(=O)N[C@H](C)c3ccccc3)n2CC(C)C)cc1. The number of hydrogen-bond donors (Lipinski definition) is 1. The summed E-state index contributed by atoms with van der Waals surface area (Å²) in [5, 5.41) is 12.6. The predicted octanol–water partition coefficient (Wildman–Crippen LogP) is 4.58. The van der Waals surface area contributed by atoms with Crippen molar-refractivity contribution in [1.82, 2.24) is 20.1 Å². The Morgan fingerprint density at radius 2 is 1.77 bits per heavy atom. The van der Waals surface area contributed by atoms with Gasteiger partial charge in [-0.15, -0.1) is 10.2 Å². The van der Waals surface area contributed by atoms with E-state index in [2.05, 4.69) is 33.9 Å². The van der Waals surface area contributed by atoms with Crippen LogP contribution in [0.1, 0.15) is 32.4 Å². The van der Waals surface area contributed by atoms with Gasteiger partial charge in [0, 0.05) is 12.1 Å². The molecule has 2 aromatic carbocycles. The van der Waals surface area contributed by atoms with E-state index in [9.17, 15) is 4.79 Å². The summed E-state index contributed by atoms with van der Waals surface area (Å²) in [6, 6.07) is 17.7. The first-order chi connectivity index (χ1) is 14.5. The standard InChI is InChI=1S/C23H28N4O2S/c1-16(2)14-27-22(19-10-12-20(29-4)13-11-19)25-26-23(27)30-15-21(28)24-17(3)18-8-6-5-7-9-18/h5-13,16-17H,14-15H2,1-4H3,(H,24,28)/t17-/m1/s1. The van der Waals surface area contributed by atoms with Crippen molar-refractivity contribution in [2.24, 2.45) is 5.92 Å². The van der Waals surface area contributed by atoms with Gasteiger partial charge in [-0.05, 0) is 42.7 Å². The first-order valence-electron chi connectivity index (χ1n) is 10.0. The van der Waals surface area contributed by atoms with E-state index in [-0.39, 0.29) is 17.7 Å². The topological polar surface area (TPSA) is 69.0 Å². The van der Waals surface area contributed by atoms with Crippen LogP contribution in [0.4, 0.5) is 0 Å². The molecule has 0 bridgehead atoms. The molecule has 1 heterocycles. The molecule has 0 saturated carbocycles. The second-order valence-corrected chi connectivity index (χ2v) is 8.47. The molecule has 0 saturated heterocycles.